The zero-order valence-corrected chi connectivity index (χ0v) is 13.9. The van der Waals surface area contributed by atoms with Crippen molar-refractivity contribution in [2.45, 2.75) is 51.3 Å². The van der Waals surface area contributed by atoms with Crippen molar-refractivity contribution in [2.75, 3.05) is 6.54 Å². The second-order valence-electron chi connectivity index (χ2n) is 5.50. The fourth-order valence-electron chi connectivity index (χ4n) is 1.97. The van der Waals surface area contributed by atoms with Crippen LogP contribution in [-0.2, 0) is 10.0 Å². The molecule has 0 saturated carbocycles. The molecule has 0 amide bonds. The highest BCUT2D eigenvalue weighted by molar-refractivity contribution is 7.89. The van der Waals surface area contributed by atoms with Crippen molar-refractivity contribution in [3.8, 4) is 0 Å². The summed E-state index contributed by atoms with van der Waals surface area (Å²) in [6.07, 6.45) is 4.11. The van der Waals surface area contributed by atoms with Gasteiger partial charge in [-0.25, -0.2) is 13.1 Å². The summed E-state index contributed by atoms with van der Waals surface area (Å²) in [6.45, 7) is 6.22. The molecule has 0 aliphatic carbocycles. The molecule has 0 atom stereocenters. The van der Waals surface area contributed by atoms with Crippen LogP contribution < -0.4 is 4.72 Å². The summed E-state index contributed by atoms with van der Waals surface area (Å²) < 4.78 is 26.8. The molecule has 0 aliphatic rings. The van der Waals surface area contributed by atoms with Crippen LogP contribution in [0.1, 0.15) is 56.8 Å². The first-order valence-electron chi connectivity index (χ1n) is 7.52. The molecule has 4 nitrogen and oxygen atoms in total. The van der Waals surface area contributed by atoms with Crippen molar-refractivity contribution < 1.29 is 13.2 Å². The second kappa shape index (κ2) is 8.29. The van der Waals surface area contributed by atoms with E-state index in [1.54, 1.807) is 12.1 Å². The average molecular weight is 311 g/mol. The Morgan fingerprint density at radius 2 is 1.71 bits per heavy atom. The van der Waals surface area contributed by atoms with Crippen molar-refractivity contribution in [2.24, 2.45) is 5.92 Å². The fourth-order valence-corrected chi connectivity index (χ4v) is 3.05. The lowest BCUT2D eigenvalue weighted by molar-refractivity contribution is 0.0939. The van der Waals surface area contributed by atoms with Crippen molar-refractivity contribution in [3.63, 3.8) is 0 Å². The lowest BCUT2D eigenvalue weighted by Crippen LogP contribution is -2.24. The number of hydrogen-bond donors (Lipinski definition) is 1. The minimum absolute atomic E-state index is 0.0199. The van der Waals surface area contributed by atoms with Crippen molar-refractivity contribution in [3.05, 3.63) is 29.8 Å². The quantitative estimate of drug-likeness (QED) is 0.561. The molecule has 5 heteroatoms. The van der Waals surface area contributed by atoms with Gasteiger partial charge in [0.15, 0.2) is 5.78 Å². The van der Waals surface area contributed by atoms with E-state index in [2.05, 4.69) is 11.6 Å². The summed E-state index contributed by atoms with van der Waals surface area (Å²) in [5.74, 6) is -0.0735. The van der Waals surface area contributed by atoms with Crippen molar-refractivity contribution >= 4 is 15.8 Å². The number of ketones is 1. The van der Waals surface area contributed by atoms with Gasteiger partial charge in [-0.05, 0) is 18.6 Å². The number of carbonyl (C=O) groups is 1. The van der Waals surface area contributed by atoms with Crippen LogP contribution in [-0.4, -0.2) is 20.7 Å². The van der Waals surface area contributed by atoms with Crippen LogP contribution in [0.3, 0.4) is 0 Å². The van der Waals surface area contributed by atoms with Gasteiger partial charge in [0.25, 0.3) is 0 Å². The lowest BCUT2D eigenvalue weighted by Gasteiger charge is -2.08. The van der Waals surface area contributed by atoms with E-state index in [1.807, 2.05) is 13.8 Å². The molecule has 1 aromatic rings. The minimum atomic E-state index is -3.47. The molecule has 1 N–H and O–H groups in total. The molecule has 0 spiro atoms. The van der Waals surface area contributed by atoms with E-state index in [0.29, 0.717) is 12.1 Å². The number of rotatable bonds is 9. The van der Waals surface area contributed by atoms with Crippen LogP contribution in [0.2, 0.25) is 0 Å². The van der Waals surface area contributed by atoms with Gasteiger partial charge in [-0.15, -0.1) is 0 Å². The van der Waals surface area contributed by atoms with Gasteiger partial charge >= 0.3 is 0 Å². The van der Waals surface area contributed by atoms with E-state index in [1.165, 1.54) is 12.1 Å². The summed E-state index contributed by atoms with van der Waals surface area (Å²) in [5.41, 5.74) is 0.548. The zero-order chi connectivity index (χ0) is 15.9. The third kappa shape index (κ3) is 5.59. The van der Waals surface area contributed by atoms with E-state index >= 15 is 0 Å². The number of carbonyl (C=O) groups excluding carboxylic acids is 1. The minimum Gasteiger partial charge on any atom is -0.294 e. The third-order valence-electron chi connectivity index (χ3n) is 3.30. The van der Waals surface area contributed by atoms with Gasteiger partial charge < -0.3 is 0 Å². The van der Waals surface area contributed by atoms with Crippen LogP contribution in [0, 0.1) is 5.92 Å². The zero-order valence-electron chi connectivity index (χ0n) is 13.1. The smallest absolute Gasteiger partial charge is 0.240 e. The SMILES string of the molecule is CCCCCCNS(=O)(=O)c1ccc(C(=O)C(C)C)cc1. The fraction of sp³-hybridized carbons (Fsp3) is 0.562. The largest absolute Gasteiger partial charge is 0.294 e. The van der Waals surface area contributed by atoms with E-state index in [4.69, 9.17) is 0 Å². The topological polar surface area (TPSA) is 63.2 Å². The maximum absolute atomic E-state index is 12.1. The molecule has 0 radical (unpaired) electrons. The monoisotopic (exact) mass is 311 g/mol. The first kappa shape index (κ1) is 17.9. The van der Waals surface area contributed by atoms with Gasteiger partial charge in [-0.3, -0.25) is 4.79 Å². The molecule has 0 aromatic heterocycles. The van der Waals surface area contributed by atoms with E-state index < -0.39 is 10.0 Å². The summed E-state index contributed by atoms with van der Waals surface area (Å²) >= 11 is 0. The van der Waals surface area contributed by atoms with Crippen LogP contribution in [0.4, 0.5) is 0 Å². The standard InChI is InChI=1S/C16H25NO3S/c1-4-5-6-7-12-17-21(19,20)15-10-8-14(9-11-15)16(18)13(2)3/h8-11,13,17H,4-7,12H2,1-3H3. The Morgan fingerprint density at radius 1 is 1.10 bits per heavy atom. The number of Topliss-reactive ketones (excluding diaryl/α,β-unsaturated/α-hetero) is 1. The molecule has 0 aliphatic heterocycles. The summed E-state index contributed by atoms with van der Waals surface area (Å²) in [5, 5.41) is 0. The Bertz CT molecular complexity index is 547. The van der Waals surface area contributed by atoms with Gasteiger partial charge in [-0.2, -0.15) is 0 Å². The molecular weight excluding hydrogens is 286 g/mol. The highest BCUT2D eigenvalue weighted by atomic mass is 32.2. The number of sulfonamides is 1. The first-order valence-corrected chi connectivity index (χ1v) is 9.00. The predicted molar refractivity (Wildman–Crippen MR) is 84.9 cm³/mol. The van der Waals surface area contributed by atoms with Crippen molar-refractivity contribution in [1.29, 1.82) is 0 Å². The molecule has 0 fully saturated rings. The van der Waals surface area contributed by atoms with E-state index in [9.17, 15) is 13.2 Å². The third-order valence-corrected chi connectivity index (χ3v) is 4.77. The Labute approximate surface area is 128 Å². The van der Waals surface area contributed by atoms with Gasteiger partial charge in [0, 0.05) is 18.0 Å². The first-order chi connectivity index (χ1) is 9.88. The predicted octanol–water partition coefficient (Wildman–Crippen LogP) is 3.38. The van der Waals surface area contributed by atoms with Crippen LogP contribution >= 0.6 is 0 Å². The van der Waals surface area contributed by atoms with Crippen LogP contribution in [0.5, 0.6) is 0 Å². The molecule has 0 saturated heterocycles. The molecular formula is C16H25NO3S. The molecule has 21 heavy (non-hydrogen) atoms. The normalized spacial score (nSPS) is 11.8. The Hall–Kier alpha value is -1.20. The molecule has 118 valence electrons. The van der Waals surface area contributed by atoms with Gasteiger partial charge in [0.1, 0.15) is 0 Å². The molecule has 0 heterocycles. The van der Waals surface area contributed by atoms with Gasteiger partial charge in [0.05, 0.1) is 4.90 Å². The number of benzene rings is 1. The second-order valence-corrected chi connectivity index (χ2v) is 7.27. The maximum Gasteiger partial charge on any atom is 0.240 e. The van der Waals surface area contributed by atoms with Gasteiger partial charge in [-0.1, -0.05) is 52.2 Å². The highest BCUT2D eigenvalue weighted by Crippen LogP contribution is 2.13. The van der Waals surface area contributed by atoms with Crippen LogP contribution in [0.25, 0.3) is 0 Å². The van der Waals surface area contributed by atoms with E-state index in [0.717, 1.165) is 25.7 Å². The van der Waals surface area contributed by atoms with Crippen molar-refractivity contribution in [1.82, 2.24) is 4.72 Å². The maximum atomic E-state index is 12.1. The highest BCUT2D eigenvalue weighted by Gasteiger charge is 2.15. The number of nitrogens with one attached hydrogen (secondary N) is 1. The van der Waals surface area contributed by atoms with Crippen LogP contribution in [0.15, 0.2) is 29.2 Å². The number of unbranched alkanes of at least 4 members (excludes halogenated alkanes) is 3. The molecule has 0 unspecified atom stereocenters. The Balaban J connectivity index is 2.65. The lowest BCUT2D eigenvalue weighted by atomic mass is 10.0. The summed E-state index contributed by atoms with van der Waals surface area (Å²) in [7, 11) is -3.47. The van der Waals surface area contributed by atoms with Gasteiger partial charge in [0.2, 0.25) is 10.0 Å². The number of hydrogen-bond acceptors (Lipinski definition) is 3. The Morgan fingerprint density at radius 3 is 2.24 bits per heavy atom. The molecule has 0 bridgehead atoms. The summed E-state index contributed by atoms with van der Waals surface area (Å²) in [4.78, 5) is 12.0. The molecule has 1 rings (SSSR count). The molecule has 1 aromatic carbocycles. The average Bonchev–Trinajstić information content (AvgIpc) is 2.46. The van der Waals surface area contributed by atoms with E-state index in [-0.39, 0.29) is 16.6 Å². The summed E-state index contributed by atoms with van der Waals surface area (Å²) in [6, 6.07) is 6.13. The Kier molecular flexibility index (Phi) is 7.05.